The summed E-state index contributed by atoms with van der Waals surface area (Å²) in [5.41, 5.74) is 0.851. The molecule has 0 saturated carbocycles. The molecule has 1 aromatic rings. The first kappa shape index (κ1) is 17.9. The first-order valence-corrected chi connectivity index (χ1v) is 8.67. The number of sulfonamides is 1. The largest absolute Gasteiger partial charge is 0.493 e. The van der Waals surface area contributed by atoms with Crippen LogP contribution in [0.25, 0.3) is 0 Å². The second-order valence-corrected chi connectivity index (χ2v) is 7.26. The Balaban J connectivity index is 3.18. The summed E-state index contributed by atoms with van der Waals surface area (Å²) in [5, 5.41) is 3.04. The maximum atomic E-state index is 12.5. The minimum absolute atomic E-state index is 0.0845. The van der Waals surface area contributed by atoms with Gasteiger partial charge in [0.2, 0.25) is 10.0 Å². The average Bonchev–Trinajstić information content (AvgIpc) is 2.45. The lowest BCUT2D eigenvalue weighted by molar-refractivity contribution is 0.313. The molecule has 0 unspecified atom stereocenters. The molecule has 0 fully saturated rings. The van der Waals surface area contributed by atoms with E-state index in [2.05, 4.69) is 5.32 Å². The van der Waals surface area contributed by atoms with Gasteiger partial charge in [-0.05, 0) is 45.5 Å². The molecule has 0 amide bonds. The zero-order valence-electron chi connectivity index (χ0n) is 13.5. The van der Waals surface area contributed by atoms with E-state index in [-0.39, 0.29) is 6.04 Å². The summed E-state index contributed by atoms with van der Waals surface area (Å²) >= 11 is 0. The summed E-state index contributed by atoms with van der Waals surface area (Å²) in [5.74, 6) is 0.734. The van der Waals surface area contributed by atoms with Gasteiger partial charge >= 0.3 is 0 Å². The first-order chi connectivity index (χ1) is 9.84. The molecule has 0 bridgehead atoms. The SMILES string of the molecule is CCCOc1ccc(S(=O)(=O)N(C)C(C)C)cc1CNC. The lowest BCUT2D eigenvalue weighted by Crippen LogP contribution is -2.33. The molecule has 0 spiro atoms. The van der Waals surface area contributed by atoms with Crippen LogP contribution < -0.4 is 10.1 Å². The van der Waals surface area contributed by atoms with Gasteiger partial charge in [-0.3, -0.25) is 0 Å². The number of nitrogens with one attached hydrogen (secondary N) is 1. The predicted molar refractivity (Wildman–Crippen MR) is 85.1 cm³/mol. The number of rotatable bonds is 8. The monoisotopic (exact) mass is 314 g/mol. The Kier molecular flexibility index (Phi) is 6.64. The summed E-state index contributed by atoms with van der Waals surface area (Å²) in [7, 11) is -0.0454. The maximum absolute atomic E-state index is 12.5. The van der Waals surface area contributed by atoms with E-state index in [0.29, 0.717) is 18.0 Å². The van der Waals surface area contributed by atoms with Crippen molar-refractivity contribution in [2.24, 2.45) is 0 Å². The molecular weight excluding hydrogens is 288 g/mol. The van der Waals surface area contributed by atoms with Crippen LogP contribution in [0.3, 0.4) is 0 Å². The van der Waals surface area contributed by atoms with Crippen molar-refractivity contribution in [3.05, 3.63) is 23.8 Å². The highest BCUT2D eigenvalue weighted by Crippen LogP contribution is 2.25. The third kappa shape index (κ3) is 4.43. The molecule has 1 aromatic carbocycles. The van der Waals surface area contributed by atoms with Crippen molar-refractivity contribution < 1.29 is 13.2 Å². The summed E-state index contributed by atoms with van der Waals surface area (Å²) < 4.78 is 32.1. The van der Waals surface area contributed by atoms with Gasteiger partial charge in [-0.15, -0.1) is 0 Å². The normalized spacial score (nSPS) is 12.1. The highest BCUT2D eigenvalue weighted by atomic mass is 32.2. The van der Waals surface area contributed by atoms with Crippen LogP contribution in [-0.2, 0) is 16.6 Å². The standard InChI is InChI=1S/C15H26N2O3S/c1-6-9-20-15-8-7-14(10-13(15)11-16-4)21(18,19)17(5)12(2)3/h7-8,10,12,16H,6,9,11H2,1-5H3. The van der Waals surface area contributed by atoms with Gasteiger partial charge in [-0.1, -0.05) is 6.92 Å². The highest BCUT2D eigenvalue weighted by Gasteiger charge is 2.24. The number of ether oxygens (including phenoxy) is 1. The molecule has 1 N–H and O–H groups in total. The highest BCUT2D eigenvalue weighted by molar-refractivity contribution is 7.89. The first-order valence-electron chi connectivity index (χ1n) is 7.23. The van der Waals surface area contributed by atoms with Crippen LogP contribution in [0.15, 0.2) is 23.1 Å². The van der Waals surface area contributed by atoms with Crippen LogP contribution in [0.4, 0.5) is 0 Å². The Morgan fingerprint density at radius 2 is 2.00 bits per heavy atom. The van der Waals surface area contributed by atoms with Gasteiger partial charge in [0.05, 0.1) is 11.5 Å². The minimum atomic E-state index is -3.47. The van der Waals surface area contributed by atoms with Crippen molar-refractivity contribution in [1.29, 1.82) is 0 Å². The van der Waals surface area contributed by atoms with E-state index in [4.69, 9.17) is 4.74 Å². The van der Waals surface area contributed by atoms with E-state index < -0.39 is 10.0 Å². The van der Waals surface area contributed by atoms with E-state index in [1.54, 1.807) is 25.2 Å². The molecule has 0 aliphatic carbocycles. The molecule has 0 radical (unpaired) electrons. The molecule has 0 saturated heterocycles. The number of hydrogen-bond acceptors (Lipinski definition) is 4. The number of hydrogen-bond donors (Lipinski definition) is 1. The van der Waals surface area contributed by atoms with Crippen molar-refractivity contribution in [1.82, 2.24) is 9.62 Å². The lowest BCUT2D eigenvalue weighted by Gasteiger charge is -2.22. The molecule has 120 valence electrons. The zero-order chi connectivity index (χ0) is 16.0. The molecule has 1 rings (SSSR count). The van der Waals surface area contributed by atoms with Gasteiger partial charge in [0, 0.05) is 25.2 Å². The van der Waals surface area contributed by atoms with E-state index in [1.807, 2.05) is 27.8 Å². The predicted octanol–water partition coefficient (Wildman–Crippen LogP) is 2.22. The Labute approximate surface area is 128 Å². The van der Waals surface area contributed by atoms with Crippen molar-refractivity contribution >= 4 is 10.0 Å². The van der Waals surface area contributed by atoms with Crippen LogP contribution in [0.5, 0.6) is 5.75 Å². The molecule has 0 aliphatic rings. The third-order valence-corrected chi connectivity index (χ3v) is 5.29. The average molecular weight is 314 g/mol. The number of benzene rings is 1. The molecular formula is C15H26N2O3S. The van der Waals surface area contributed by atoms with E-state index in [9.17, 15) is 8.42 Å². The molecule has 0 aliphatic heterocycles. The van der Waals surface area contributed by atoms with Gasteiger partial charge in [0.15, 0.2) is 0 Å². The molecule has 6 heteroatoms. The third-order valence-electron chi connectivity index (χ3n) is 3.27. The minimum Gasteiger partial charge on any atom is -0.493 e. The van der Waals surface area contributed by atoms with Gasteiger partial charge in [-0.2, -0.15) is 4.31 Å². The van der Waals surface area contributed by atoms with Crippen LogP contribution in [-0.4, -0.2) is 39.5 Å². The van der Waals surface area contributed by atoms with Crippen LogP contribution in [0.1, 0.15) is 32.8 Å². The van der Waals surface area contributed by atoms with Gasteiger partial charge < -0.3 is 10.1 Å². The molecule has 0 heterocycles. The zero-order valence-corrected chi connectivity index (χ0v) is 14.3. The summed E-state index contributed by atoms with van der Waals surface area (Å²) in [6.45, 7) is 6.92. The smallest absolute Gasteiger partial charge is 0.243 e. The van der Waals surface area contributed by atoms with Gasteiger partial charge in [-0.25, -0.2) is 8.42 Å². The molecule has 0 atom stereocenters. The second-order valence-electron chi connectivity index (χ2n) is 5.26. The lowest BCUT2D eigenvalue weighted by atomic mass is 10.2. The Morgan fingerprint density at radius 3 is 2.52 bits per heavy atom. The van der Waals surface area contributed by atoms with Crippen LogP contribution in [0, 0.1) is 0 Å². The fourth-order valence-electron chi connectivity index (χ4n) is 1.84. The van der Waals surface area contributed by atoms with E-state index in [0.717, 1.165) is 17.7 Å². The van der Waals surface area contributed by atoms with Gasteiger partial charge in [0.25, 0.3) is 0 Å². The molecule has 21 heavy (non-hydrogen) atoms. The fraction of sp³-hybridized carbons (Fsp3) is 0.600. The Bertz CT molecular complexity index is 556. The summed E-state index contributed by atoms with van der Waals surface area (Å²) in [6, 6.07) is 4.95. The summed E-state index contributed by atoms with van der Waals surface area (Å²) in [6.07, 6.45) is 0.912. The fourth-order valence-corrected chi connectivity index (χ4v) is 3.26. The van der Waals surface area contributed by atoms with Crippen molar-refractivity contribution in [2.45, 2.75) is 44.7 Å². The Hall–Kier alpha value is -1.11. The van der Waals surface area contributed by atoms with Crippen molar-refractivity contribution in [3.63, 3.8) is 0 Å². The Morgan fingerprint density at radius 1 is 1.33 bits per heavy atom. The van der Waals surface area contributed by atoms with Gasteiger partial charge in [0.1, 0.15) is 5.75 Å². The second kappa shape index (κ2) is 7.77. The quantitative estimate of drug-likeness (QED) is 0.799. The molecule has 0 aromatic heterocycles. The van der Waals surface area contributed by atoms with E-state index >= 15 is 0 Å². The van der Waals surface area contributed by atoms with Crippen LogP contribution >= 0.6 is 0 Å². The van der Waals surface area contributed by atoms with Crippen molar-refractivity contribution in [2.75, 3.05) is 20.7 Å². The topological polar surface area (TPSA) is 58.6 Å². The van der Waals surface area contributed by atoms with Crippen molar-refractivity contribution in [3.8, 4) is 5.75 Å². The van der Waals surface area contributed by atoms with Crippen LogP contribution in [0.2, 0.25) is 0 Å². The van der Waals surface area contributed by atoms with E-state index in [1.165, 1.54) is 4.31 Å². The number of nitrogens with zero attached hydrogens (tertiary/aromatic N) is 1. The molecule has 5 nitrogen and oxygen atoms in total. The maximum Gasteiger partial charge on any atom is 0.243 e. The summed E-state index contributed by atoms with van der Waals surface area (Å²) in [4.78, 5) is 0.299.